The molecule has 15 heavy (non-hydrogen) atoms. The van der Waals surface area contributed by atoms with Gasteiger partial charge in [-0.25, -0.2) is 0 Å². The summed E-state index contributed by atoms with van der Waals surface area (Å²) in [6, 6.07) is 17.4. The van der Waals surface area contributed by atoms with E-state index in [1.807, 2.05) is 18.2 Å². The Hall–Kier alpha value is -1.03. The highest BCUT2D eigenvalue weighted by atomic mass is 127. The van der Waals surface area contributed by atoms with Crippen LogP contribution in [0.25, 0.3) is 11.1 Å². The van der Waals surface area contributed by atoms with Crippen molar-refractivity contribution in [3.05, 3.63) is 52.1 Å². The Morgan fingerprint density at radius 3 is 2.20 bits per heavy atom. The first-order chi connectivity index (χ1) is 7.29. The van der Waals surface area contributed by atoms with E-state index in [1.165, 1.54) is 11.1 Å². The van der Waals surface area contributed by atoms with Gasteiger partial charge in [0.1, 0.15) is 5.75 Å². The highest BCUT2D eigenvalue weighted by molar-refractivity contribution is 14.1. The Bertz CT molecular complexity index is 431. The van der Waals surface area contributed by atoms with Gasteiger partial charge in [-0.2, -0.15) is 0 Å². The number of hydrogen-bond acceptors (Lipinski definition) is 1. The molecule has 0 atom stereocenters. The van der Waals surface area contributed by atoms with Crippen molar-refractivity contribution in [2.24, 2.45) is 0 Å². The van der Waals surface area contributed by atoms with Crippen LogP contribution in [0.5, 0.6) is 5.75 Å². The van der Waals surface area contributed by atoms with Crippen LogP contribution >= 0.6 is 22.6 Å². The molecule has 1 nitrogen and oxygen atoms in total. The van der Waals surface area contributed by atoms with Crippen LogP contribution in [0.2, 0.25) is 0 Å². The van der Waals surface area contributed by atoms with Gasteiger partial charge in [-0.05, 0) is 64.0 Å². The van der Waals surface area contributed by atoms with Crippen LogP contribution in [0.15, 0.2) is 42.5 Å². The number of methoxy groups -OCH3 is 1. The average molecular weight is 309 g/mol. The average Bonchev–Trinajstić information content (AvgIpc) is 2.30. The molecule has 0 amide bonds. The van der Waals surface area contributed by atoms with Gasteiger partial charge >= 0.3 is 0 Å². The molecule has 2 aromatic rings. The highest BCUT2D eigenvalue weighted by Gasteiger charge is 1.97. The van der Waals surface area contributed by atoms with Crippen LogP contribution in [0.4, 0.5) is 0 Å². The third kappa shape index (κ3) is 2.50. The summed E-state index contributed by atoms with van der Waals surface area (Å²) >= 11 is 2.25. The van der Waals surface area contributed by atoms with Crippen LogP contribution in [-0.2, 0) is 0 Å². The first kappa shape index (κ1) is 10.5. The van der Waals surface area contributed by atoms with E-state index in [2.05, 4.69) is 52.9 Å². The maximum Gasteiger partial charge on any atom is 0.118 e. The Labute approximate surface area is 103 Å². The molecule has 0 heterocycles. The summed E-state index contributed by atoms with van der Waals surface area (Å²) in [6.45, 7) is 0. The molecule has 0 aromatic heterocycles. The zero-order valence-electron chi connectivity index (χ0n) is 8.33. The van der Waals surface area contributed by atoms with E-state index in [1.54, 1.807) is 7.11 Å². The minimum atomic E-state index is 0.883. The molecule has 0 unspecified atom stereocenters. The molecule has 2 heteroatoms. The van der Waals surface area contributed by atoms with Gasteiger partial charge in [-0.3, -0.25) is 0 Å². The molecule has 0 aliphatic carbocycles. The van der Waals surface area contributed by atoms with Gasteiger partial charge in [0.05, 0.1) is 7.11 Å². The molecule has 0 aliphatic heterocycles. The fourth-order valence-corrected chi connectivity index (χ4v) is 1.70. The Kier molecular flexibility index (Phi) is 3.26. The lowest BCUT2D eigenvalue weighted by atomic mass is 10.1. The standard InChI is InChI=1S/C13H10IO/c1-15-13-8-4-11(5-9-13)10-2-6-12(14)7-3-10/h2-6,8-9H,1H3. The summed E-state index contributed by atoms with van der Waals surface area (Å²) in [7, 11) is 1.67. The van der Waals surface area contributed by atoms with Gasteiger partial charge in [0.15, 0.2) is 0 Å². The van der Waals surface area contributed by atoms with Crippen LogP contribution in [0.3, 0.4) is 0 Å². The van der Waals surface area contributed by atoms with E-state index < -0.39 is 0 Å². The van der Waals surface area contributed by atoms with Crippen molar-refractivity contribution in [2.75, 3.05) is 7.11 Å². The van der Waals surface area contributed by atoms with Gasteiger partial charge in [0.25, 0.3) is 0 Å². The zero-order chi connectivity index (χ0) is 10.7. The molecule has 75 valence electrons. The van der Waals surface area contributed by atoms with Gasteiger partial charge in [-0.1, -0.05) is 18.2 Å². The van der Waals surface area contributed by atoms with E-state index in [0.29, 0.717) is 0 Å². The molecule has 0 bridgehead atoms. The number of ether oxygens (including phenoxy) is 1. The van der Waals surface area contributed by atoms with Gasteiger partial charge in [0.2, 0.25) is 0 Å². The Morgan fingerprint density at radius 2 is 1.67 bits per heavy atom. The summed E-state index contributed by atoms with van der Waals surface area (Å²) in [6.07, 6.45) is 0. The second-order valence-electron chi connectivity index (χ2n) is 3.15. The zero-order valence-corrected chi connectivity index (χ0v) is 10.5. The number of hydrogen-bond donors (Lipinski definition) is 0. The monoisotopic (exact) mass is 309 g/mol. The molecule has 0 N–H and O–H groups in total. The Morgan fingerprint density at radius 1 is 1.00 bits per heavy atom. The quantitative estimate of drug-likeness (QED) is 0.767. The minimum absolute atomic E-state index is 0.883. The maximum absolute atomic E-state index is 5.12. The van der Waals surface area contributed by atoms with E-state index in [9.17, 15) is 0 Å². The van der Waals surface area contributed by atoms with Crippen molar-refractivity contribution >= 4 is 22.6 Å². The molecule has 0 aliphatic rings. The number of rotatable bonds is 2. The molecular formula is C13H10IO. The molecule has 0 saturated carbocycles. The normalized spacial score (nSPS) is 10.0. The SMILES string of the molecule is COc1ccc(-c2c[c]c(I)cc2)cc1. The van der Waals surface area contributed by atoms with E-state index in [4.69, 9.17) is 4.74 Å². The van der Waals surface area contributed by atoms with Crippen LogP contribution in [0.1, 0.15) is 0 Å². The second-order valence-corrected chi connectivity index (χ2v) is 4.32. The van der Waals surface area contributed by atoms with Crippen LogP contribution in [0, 0.1) is 9.64 Å². The Balaban J connectivity index is 2.33. The predicted octanol–water partition coefficient (Wildman–Crippen LogP) is 3.77. The van der Waals surface area contributed by atoms with Crippen molar-refractivity contribution in [1.29, 1.82) is 0 Å². The largest absolute Gasteiger partial charge is 0.497 e. The van der Waals surface area contributed by atoms with Crippen LogP contribution in [-0.4, -0.2) is 7.11 Å². The van der Waals surface area contributed by atoms with Crippen molar-refractivity contribution in [3.63, 3.8) is 0 Å². The summed E-state index contributed by atoms with van der Waals surface area (Å²) in [5, 5.41) is 0. The van der Waals surface area contributed by atoms with Gasteiger partial charge in [0, 0.05) is 3.57 Å². The van der Waals surface area contributed by atoms with Gasteiger partial charge in [-0.15, -0.1) is 0 Å². The first-order valence-electron chi connectivity index (χ1n) is 4.61. The van der Waals surface area contributed by atoms with E-state index in [-0.39, 0.29) is 0 Å². The number of benzene rings is 2. The maximum atomic E-state index is 5.12. The van der Waals surface area contributed by atoms with E-state index in [0.717, 1.165) is 9.32 Å². The fraction of sp³-hybridized carbons (Fsp3) is 0.0769. The third-order valence-corrected chi connectivity index (χ3v) is 2.87. The molecule has 0 spiro atoms. The van der Waals surface area contributed by atoms with Crippen molar-refractivity contribution < 1.29 is 4.74 Å². The molecular weight excluding hydrogens is 299 g/mol. The number of halogens is 1. The highest BCUT2D eigenvalue weighted by Crippen LogP contribution is 2.22. The lowest BCUT2D eigenvalue weighted by Crippen LogP contribution is -1.82. The van der Waals surface area contributed by atoms with E-state index >= 15 is 0 Å². The van der Waals surface area contributed by atoms with Crippen LogP contribution < -0.4 is 4.74 Å². The van der Waals surface area contributed by atoms with Crippen molar-refractivity contribution in [1.82, 2.24) is 0 Å². The lowest BCUT2D eigenvalue weighted by molar-refractivity contribution is 0.415. The molecule has 1 radical (unpaired) electrons. The predicted molar refractivity (Wildman–Crippen MR) is 70.0 cm³/mol. The smallest absolute Gasteiger partial charge is 0.118 e. The first-order valence-corrected chi connectivity index (χ1v) is 5.69. The molecule has 0 saturated heterocycles. The summed E-state index contributed by atoms with van der Waals surface area (Å²) in [5.74, 6) is 0.883. The summed E-state index contributed by atoms with van der Waals surface area (Å²) in [5.41, 5.74) is 2.36. The molecule has 2 rings (SSSR count). The molecule has 2 aromatic carbocycles. The second kappa shape index (κ2) is 4.66. The van der Waals surface area contributed by atoms with Gasteiger partial charge < -0.3 is 4.74 Å². The molecule has 0 fully saturated rings. The minimum Gasteiger partial charge on any atom is -0.497 e. The topological polar surface area (TPSA) is 9.23 Å². The fourth-order valence-electron chi connectivity index (χ4n) is 1.37. The lowest BCUT2D eigenvalue weighted by Gasteiger charge is -2.03. The third-order valence-electron chi connectivity index (χ3n) is 2.20. The van der Waals surface area contributed by atoms with Crippen molar-refractivity contribution in [3.8, 4) is 16.9 Å². The van der Waals surface area contributed by atoms with Crippen molar-refractivity contribution in [2.45, 2.75) is 0 Å². The summed E-state index contributed by atoms with van der Waals surface area (Å²) in [4.78, 5) is 0. The summed E-state index contributed by atoms with van der Waals surface area (Å²) < 4.78 is 6.24.